The SMILES string of the molecule is COC(=O)CCn1c(=NC(=O)c2coc3ccccc3c2=O)sc2ccccc21. The van der Waals surface area contributed by atoms with Crippen LogP contribution < -0.4 is 10.2 Å². The first-order valence-electron chi connectivity index (χ1n) is 8.83. The summed E-state index contributed by atoms with van der Waals surface area (Å²) in [6.07, 6.45) is 1.28. The van der Waals surface area contributed by atoms with Gasteiger partial charge in [0.1, 0.15) is 17.4 Å². The fraction of sp³-hybridized carbons (Fsp3) is 0.143. The maximum absolute atomic E-state index is 12.8. The lowest BCUT2D eigenvalue weighted by Crippen LogP contribution is -2.21. The Morgan fingerprint density at radius 3 is 2.72 bits per heavy atom. The van der Waals surface area contributed by atoms with Crippen LogP contribution in [0.5, 0.6) is 0 Å². The van der Waals surface area contributed by atoms with Crippen molar-refractivity contribution in [1.29, 1.82) is 0 Å². The number of hydrogen-bond donors (Lipinski definition) is 0. The van der Waals surface area contributed by atoms with Gasteiger partial charge in [0.2, 0.25) is 5.43 Å². The zero-order valence-electron chi connectivity index (χ0n) is 15.5. The standard InChI is InChI=1S/C21H16N2O5S/c1-27-18(24)10-11-23-15-7-3-5-9-17(15)29-21(23)22-20(26)14-12-28-16-8-4-2-6-13(16)19(14)25/h2-9,12H,10-11H2,1H3. The number of ether oxygens (including phenoxy) is 1. The minimum atomic E-state index is -0.692. The summed E-state index contributed by atoms with van der Waals surface area (Å²) in [5, 5.41) is 0.323. The maximum atomic E-state index is 12.8. The van der Waals surface area contributed by atoms with Crippen LogP contribution in [0.15, 0.2) is 69.0 Å². The van der Waals surface area contributed by atoms with Gasteiger partial charge in [-0.1, -0.05) is 35.6 Å². The summed E-state index contributed by atoms with van der Waals surface area (Å²) in [4.78, 5) is 41.6. The monoisotopic (exact) mass is 408 g/mol. The zero-order chi connectivity index (χ0) is 20.4. The lowest BCUT2D eigenvalue weighted by Gasteiger charge is -2.04. The molecule has 0 aliphatic carbocycles. The third-order valence-electron chi connectivity index (χ3n) is 4.46. The van der Waals surface area contributed by atoms with Crippen LogP contribution in [0, 0.1) is 0 Å². The molecule has 2 aromatic heterocycles. The van der Waals surface area contributed by atoms with Crippen LogP contribution in [0.25, 0.3) is 21.2 Å². The smallest absolute Gasteiger partial charge is 0.307 e. The molecular formula is C21H16N2O5S. The third-order valence-corrected chi connectivity index (χ3v) is 5.52. The van der Waals surface area contributed by atoms with Crippen molar-refractivity contribution in [3.8, 4) is 0 Å². The van der Waals surface area contributed by atoms with E-state index in [2.05, 4.69) is 4.99 Å². The molecular weight excluding hydrogens is 392 g/mol. The number of amides is 1. The first-order chi connectivity index (χ1) is 14.1. The number of para-hydroxylation sites is 2. The Bertz CT molecular complexity index is 1360. The van der Waals surface area contributed by atoms with Crippen molar-refractivity contribution in [3.05, 3.63) is 75.4 Å². The fourth-order valence-electron chi connectivity index (χ4n) is 3.00. The molecule has 0 spiro atoms. The van der Waals surface area contributed by atoms with Gasteiger partial charge in [0.25, 0.3) is 5.91 Å². The molecule has 29 heavy (non-hydrogen) atoms. The van der Waals surface area contributed by atoms with E-state index in [1.165, 1.54) is 18.4 Å². The molecule has 0 radical (unpaired) electrons. The van der Waals surface area contributed by atoms with Gasteiger partial charge in [-0.3, -0.25) is 14.4 Å². The van der Waals surface area contributed by atoms with Crippen LogP contribution in [-0.2, 0) is 16.1 Å². The van der Waals surface area contributed by atoms with Crippen molar-refractivity contribution < 1.29 is 18.7 Å². The van der Waals surface area contributed by atoms with Crippen LogP contribution in [-0.4, -0.2) is 23.6 Å². The van der Waals surface area contributed by atoms with Gasteiger partial charge in [0.15, 0.2) is 4.80 Å². The highest BCUT2D eigenvalue weighted by molar-refractivity contribution is 7.16. The molecule has 0 fully saturated rings. The Labute approximate surface area is 168 Å². The fourth-order valence-corrected chi connectivity index (χ4v) is 4.05. The molecule has 0 saturated heterocycles. The molecule has 7 nitrogen and oxygen atoms in total. The molecule has 0 saturated carbocycles. The Kier molecular flexibility index (Phi) is 5.09. The van der Waals surface area contributed by atoms with E-state index in [4.69, 9.17) is 9.15 Å². The van der Waals surface area contributed by atoms with Crippen molar-refractivity contribution in [2.24, 2.45) is 4.99 Å². The molecule has 0 unspecified atom stereocenters. The van der Waals surface area contributed by atoms with E-state index in [1.807, 2.05) is 24.3 Å². The van der Waals surface area contributed by atoms with Crippen molar-refractivity contribution in [2.75, 3.05) is 7.11 Å². The van der Waals surface area contributed by atoms with E-state index in [9.17, 15) is 14.4 Å². The second-order valence-corrected chi connectivity index (χ2v) is 7.23. The van der Waals surface area contributed by atoms with E-state index in [-0.39, 0.29) is 18.0 Å². The van der Waals surface area contributed by atoms with Gasteiger partial charge in [-0.05, 0) is 24.3 Å². The maximum Gasteiger partial charge on any atom is 0.307 e. The zero-order valence-corrected chi connectivity index (χ0v) is 16.3. The van der Waals surface area contributed by atoms with E-state index in [0.717, 1.165) is 16.5 Å². The molecule has 1 amide bonds. The van der Waals surface area contributed by atoms with Crippen LogP contribution in [0.2, 0.25) is 0 Å². The minimum Gasteiger partial charge on any atom is -0.469 e. The number of aromatic nitrogens is 1. The molecule has 0 aliphatic heterocycles. The van der Waals surface area contributed by atoms with Crippen molar-refractivity contribution >= 4 is 44.4 Å². The lowest BCUT2D eigenvalue weighted by atomic mass is 10.2. The van der Waals surface area contributed by atoms with E-state index in [0.29, 0.717) is 22.3 Å². The van der Waals surface area contributed by atoms with Gasteiger partial charge < -0.3 is 13.7 Å². The lowest BCUT2D eigenvalue weighted by molar-refractivity contribution is -0.140. The van der Waals surface area contributed by atoms with Gasteiger partial charge in [0.05, 0.1) is 29.1 Å². The van der Waals surface area contributed by atoms with Gasteiger partial charge in [-0.2, -0.15) is 4.99 Å². The minimum absolute atomic E-state index is 0.136. The van der Waals surface area contributed by atoms with Crippen LogP contribution in [0.1, 0.15) is 16.8 Å². The number of methoxy groups -OCH3 is 1. The molecule has 0 N–H and O–H groups in total. The molecule has 4 rings (SSSR count). The molecule has 8 heteroatoms. The summed E-state index contributed by atoms with van der Waals surface area (Å²) in [5.74, 6) is -1.05. The average Bonchev–Trinajstić information content (AvgIpc) is 3.09. The number of carbonyl (C=O) groups excluding carboxylic acids is 2. The number of benzene rings is 2. The molecule has 2 aromatic carbocycles. The molecule has 0 aliphatic rings. The second kappa shape index (κ2) is 7.84. The molecule has 146 valence electrons. The highest BCUT2D eigenvalue weighted by Crippen LogP contribution is 2.17. The van der Waals surface area contributed by atoms with Crippen LogP contribution in [0.3, 0.4) is 0 Å². The van der Waals surface area contributed by atoms with Crippen LogP contribution >= 0.6 is 11.3 Å². The normalized spacial score (nSPS) is 11.8. The van der Waals surface area contributed by atoms with Crippen molar-refractivity contribution in [1.82, 2.24) is 4.57 Å². The number of thiazole rings is 1. The largest absolute Gasteiger partial charge is 0.469 e. The summed E-state index contributed by atoms with van der Waals surface area (Å²) < 4.78 is 12.8. The second-order valence-electron chi connectivity index (χ2n) is 6.22. The quantitative estimate of drug-likeness (QED) is 0.484. The number of aryl methyl sites for hydroxylation is 1. The first kappa shape index (κ1) is 18.8. The Hall–Kier alpha value is -3.52. The van der Waals surface area contributed by atoms with Crippen LogP contribution in [0.4, 0.5) is 0 Å². The number of carbonyl (C=O) groups is 2. The average molecular weight is 408 g/mol. The Morgan fingerprint density at radius 2 is 1.90 bits per heavy atom. The Balaban J connectivity index is 1.81. The van der Waals surface area contributed by atoms with Gasteiger partial charge in [-0.15, -0.1) is 0 Å². The highest BCUT2D eigenvalue weighted by Gasteiger charge is 2.15. The summed E-state index contributed by atoms with van der Waals surface area (Å²) in [6, 6.07) is 14.3. The summed E-state index contributed by atoms with van der Waals surface area (Å²) in [6.45, 7) is 0.301. The van der Waals surface area contributed by atoms with Crippen molar-refractivity contribution in [3.63, 3.8) is 0 Å². The third kappa shape index (κ3) is 3.62. The van der Waals surface area contributed by atoms with Gasteiger partial charge in [0, 0.05) is 6.54 Å². The predicted molar refractivity (Wildman–Crippen MR) is 109 cm³/mol. The number of rotatable bonds is 4. The number of esters is 1. The predicted octanol–water partition coefficient (Wildman–Crippen LogP) is 3.11. The Morgan fingerprint density at radius 1 is 1.14 bits per heavy atom. The van der Waals surface area contributed by atoms with Crippen molar-refractivity contribution in [2.45, 2.75) is 13.0 Å². The molecule has 0 atom stereocenters. The first-order valence-corrected chi connectivity index (χ1v) is 9.65. The highest BCUT2D eigenvalue weighted by atomic mass is 32.1. The number of fused-ring (bicyclic) bond motifs is 2. The number of hydrogen-bond acceptors (Lipinski definition) is 6. The topological polar surface area (TPSA) is 90.9 Å². The number of nitrogens with zero attached hydrogens (tertiary/aromatic N) is 2. The van der Waals surface area contributed by atoms with Gasteiger partial charge in [-0.25, -0.2) is 0 Å². The van der Waals surface area contributed by atoms with Gasteiger partial charge >= 0.3 is 5.97 Å². The molecule has 4 aromatic rings. The van der Waals surface area contributed by atoms with E-state index < -0.39 is 11.3 Å². The summed E-state index contributed by atoms with van der Waals surface area (Å²) >= 11 is 1.31. The molecule has 2 heterocycles. The summed E-state index contributed by atoms with van der Waals surface area (Å²) in [5.41, 5.74) is 0.686. The van der Waals surface area contributed by atoms with E-state index in [1.54, 1.807) is 28.8 Å². The van der Waals surface area contributed by atoms with E-state index >= 15 is 0 Å². The molecule has 0 bridgehead atoms. The summed E-state index contributed by atoms with van der Waals surface area (Å²) in [7, 11) is 1.33.